The zero-order chi connectivity index (χ0) is 11.1. The van der Waals surface area contributed by atoms with E-state index in [0.29, 0.717) is 0 Å². The molecule has 0 aromatic carbocycles. The monoisotopic (exact) mass is 200 g/mol. The van der Waals surface area contributed by atoms with Gasteiger partial charge in [0.15, 0.2) is 0 Å². The Morgan fingerprint density at radius 1 is 0.929 bits per heavy atom. The Kier molecular flexibility index (Phi) is 5.60. The first kappa shape index (κ1) is 12.7. The van der Waals surface area contributed by atoms with Crippen LogP contribution in [0.15, 0.2) is 12.2 Å². The molecule has 0 unspecified atom stereocenters. The summed E-state index contributed by atoms with van der Waals surface area (Å²) >= 11 is 0. The van der Waals surface area contributed by atoms with Gasteiger partial charge in [-0.2, -0.15) is 0 Å². The highest BCUT2D eigenvalue weighted by molar-refractivity contribution is 5.66. The molecule has 0 aliphatic heterocycles. The Morgan fingerprint density at radius 2 is 1.21 bits per heavy atom. The molecule has 14 heavy (non-hydrogen) atoms. The molecule has 0 amide bonds. The molecule has 0 heterocycles. The highest BCUT2D eigenvalue weighted by Gasteiger charge is 2.03. The molecular weight excluding hydrogens is 184 g/mol. The number of hydrogen-bond acceptors (Lipinski definition) is 4. The first-order valence-corrected chi connectivity index (χ1v) is 4.44. The number of hydrogen-bond donors (Lipinski definition) is 0. The Balaban J connectivity index is 3.90. The van der Waals surface area contributed by atoms with Gasteiger partial charge in [-0.1, -0.05) is 0 Å². The lowest BCUT2D eigenvalue weighted by atomic mass is 10.3. The summed E-state index contributed by atoms with van der Waals surface area (Å²) < 4.78 is 9.68. The summed E-state index contributed by atoms with van der Waals surface area (Å²) in [6.07, 6.45) is 2.75. The van der Waals surface area contributed by atoms with Crippen molar-refractivity contribution in [2.24, 2.45) is 0 Å². The van der Waals surface area contributed by atoms with Crippen LogP contribution >= 0.6 is 0 Å². The molecule has 0 saturated carbocycles. The van der Waals surface area contributed by atoms with Crippen molar-refractivity contribution in [3.05, 3.63) is 12.2 Å². The van der Waals surface area contributed by atoms with Crippen molar-refractivity contribution >= 4 is 11.9 Å². The van der Waals surface area contributed by atoms with E-state index in [2.05, 4.69) is 0 Å². The maximum absolute atomic E-state index is 10.5. The van der Waals surface area contributed by atoms with Gasteiger partial charge in [0.2, 0.25) is 0 Å². The summed E-state index contributed by atoms with van der Waals surface area (Å²) in [6, 6.07) is 0. The third kappa shape index (κ3) is 7.34. The van der Waals surface area contributed by atoms with Gasteiger partial charge in [-0.25, -0.2) is 0 Å². The topological polar surface area (TPSA) is 52.6 Å². The summed E-state index contributed by atoms with van der Waals surface area (Å²) in [6.45, 7) is 6.16. The summed E-state index contributed by atoms with van der Waals surface area (Å²) in [7, 11) is 0. The van der Waals surface area contributed by atoms with E-state index >= 15 is 0 Å². The number of ether oxygens (including phenoxy) is 2. The first-order chi connectivity index (χ1) is 6.41. The Hall–Kier alpha value is -1.32. The van der Waals surface area contributed by atoms with Crippen LogP contribution in [0.1, 0.15) is 27.7 Å². The van der Waals surface area contributed by atoms with Crippen molar-refractivity contribution in [2.75, 3.05) is 0 Å². The van der Waals surface area contributed by atoms with Crippen LogP contribution in [-0.2, 0) is 19.1 Å². The molecule has 0 spiro atoms. The van der Waals surface area contributed by atoms with Gasteiger partial charge in [0.05, 0.1) is 0 Å². The molecule has 0 N–H and O–H groups in total. The Morgan fingerprint density at radius 3 is 1.43 bits per heavy atom. The molecule has 0 bridgehead atoms. The van der Waals surface area contributed by atoms with E-state index in [1.54, 1.807) is 26.0 Å². The number of esters is 2. The van der Waals surface area contributed by atoms with Crippen molar-refractivity contribution in [1.82, 2.24) is 0 Å². The van der Waals surface area contributed by atoms with Crippen molar-refractivity contribution in [2.45, 2.75) is 39.9 Å². The third-order valence-electron chi connectivity index (χ3n) is 1.36. The van der Waals surface area contributed by atoms with E-state index < -0.39 is 0 Å². The summed E-state index contributed by atoms with van der Waals surface area (Å²) in [4.78, 5) is 21.1. The molecule has 0 saturated heterocycles. The Labute approximate surface area is 83.9 Å². The fourth-order valence-electron chi connectivity index (χ4n) is 0.915. The van der Waals surface area contributed by atoms with Crippen LogP contribution in [0.3, 0.4) is 0 Å². The average molecular weight is 200 g/mol. The van der Waals surface area contributed by atoms with Crippen LogP contribution in [-0.4, -0.2) is 24.1 Å². The molecule has 0 fully saturated rings. The van der Waals surface area contributed by atoms with E-state index in [-0.39, 0.29) is 24.1 Å². The molecule has 2 atom stereocenters. The molecular formula is C10H16O4. The van der Waals surface area contributed by atoms with Crippen LogP contribution in [0.25, 0.3) is 0 Å². The maximum Gasteiger partial charge on any atom is 0.303 e. The van der Waals surface area contributed by atoms with Gasteiger partial charge in [-0.05, 0) is 26.0 Å². The van der Waals surface area contributed by atoms with Gasteiger partial charge >= 0.3 is 11.9 Å². The largest absolute Gasteiger partial charge is 0.459 e. The van der Waals surface area contributed by atoms with E-state index in [4.69, 9.17) is 9.47 Å². The fraction of sp³-hybridized carbons (Fsp3) is 0.600. The van der Waals surface area contributed by atoms with Gasteiger partial charge in [-0.3, -0.25) is 9.59 Å². The average Bonchev–Trinajstić information content (AvgIpc) is 1.98. The maximum atomic E-state index is 10.5. The van der Waals surface area contributed by atoms with E-state index in [1.165, 1.54) is 13.8 Å². The quantitative estimate of drug-likeness (QED) is 0.509. The first-order valence-electron chi connectivity index (χ1n) is 4.44. The second-order valence-corrected chi connectivity index (χ2v) is 3.01. The normalized spacial score (nSPS) is 14.9. The van der Waals surface area contributed by atoms with Crippen LogP contribution < -0.4 is 0 Å². The summed E-state index contributed by atoms with van der Waals surface area (Å²) in [5.41, 5.74) is 0. The molecule has 4 nitrogen and oxygen atoms in total. The lowest BCUT2D eigenvalue weighted by Crippen LogP contribution is -2.12. The number of carbonyl (C=O) groups excluding carboxylic acids is 2. The Bertz CT molecular complexity index is 208. The second kappa shape index (κ2) is 6.18. The predicted molar refractivity (Wildman–Crippen MR) is 51.6 cm³/mol. The fourth-order valence-corrected chi connectivity index (χ4v) is 0.915. The lowest BCUT2D eigenvalue weighted by Gasteiger charge is -2.09. The second-order valence-electron chi connectivity index (χ2n) is 3.01. The van der Waals surface area contributed by atoms with Gasteiger partial charge in [0, 0.05) is 13.8 Å². The molecule has 0 aliphatic carbocycles. The summed E-state index contributed by atoms with van der Waals surface area (Å²) in [5, 5.41) is 0. The molecule has 80 valence electrons. The van der Waals surface area contributed by atoms with Gasteiger partial charge in [0.25, 0.3) is 0 Å². The van der Waals surface area contributed by atoms with Crippen LogP contribution in [0.2, 0.25) is 0 Å². The van der Waals surface area contributed by atoms with Crippen molar-refractivity contribution in [3.8, 4) is 0 Å². The number of rotatable bonds is 4. The molecule has 0 rings (SSSR count). The molecule has 0 radical (unpaired) electrons. The van der Waals surface area contributed by atoms with E-state index in [0.717, 1.165) is 0 Å². The highest BCUT2D eigenvalue weighted by atomic mass is 16.5. The summed E-state index contributed by atoms with van der Waals surface area (Å²) in [5.74, 6) is -0.662. The van der Waals surface area contributed by atoms with Crippen molar-refractivity contribution in [1.29, 1.82) is 0 Å². The minimum atomic E-state index is -0.331. The highest BCUT2D eigenvalue weighted by Crippen LogP contribution is 1.98. The zero-order valence-corrected chi connectivity index (χ0v) is 8.94. The van der Waals surface area contributed by atoms with Gasteiger partial charge < -0.3 is 9.47 Å². The molecule has 0 aromatic rings. The van der Waals surface area contributed by atoms with E-state index in [9.17, 15) is 9.59 Å². The van der Waals surface area contributed by atoms with Crippen LogP contribution in [0, 0.1) is 0 Å². The smallest absolute Gasteiger partial charge is 0.303 e. The molecule has 0 aromatic heterocycles. The van der Waals surface area contributed by atoms with Gasteiger partial charge in [-0.15, -0.1) is 0 Å². The third-order valence-corrected chi connectivity index (χ3v) is 1.36. The van der Waals surface area contributed by atoms with Gasteiger partial charge in [0.1, 0.15) is 12.2 Å². The minimum Gasteiger partial charge on any atom is -0.459 e. The van der Waals surface area contributed by atoms with Crippen molar-refractivity contribution < 1.29 is 19.1 Å². The number of carbonyl (C=O) groups is 2. The molecule has 4 heteroatoms. The minimum absolute atomic E-state index is 0.300. The zero-order valence-electron chi connectivity index (χ0n) is 8.94. The van der Waals surface area contributed by atoms with Crippen LogP contribution in [0.4, 0.5) is 0 Å². The predicted octanol–water partition coefficient (Wildman–Crippen LogP) is 1.45. The van der Waals surface area contributed by atoms with E-state index in [1.807, 2.05) is 0 Å². The standard InChI is InChI=1S/C10H16O4/c1-7(13-9(3)11)5-6-8(2)14-10(4)12/h5-8H,1-4H3/b6-5+/t7-,8-/m0/s1. The van der Waals surface area contributed by atoms with Crippen LogP contribution in [0.5, 0.6) is 0 Å². The molecule has 0 aliphatic rings. The lowest BCUT2D eigenvalue weighted by molar-refractivity contribution is -0.145. The SMILES string of the molecule is CC(=O)O[C@@H](C)/C=C/[C@H](C)OC(C)=O. The van der Waals surface area contributed by atoms with Crippen molar-refractivity contribution in [3.63, 3.8) is 0 Å².